The summed E-state index contributed by atoms with van der Waals surface area (Å²) in [5, 5.41) is 17.9. The Morgan fingerprint density at radius 2 is 2.24 bits per heavy atom. The molecule has 2 heterocycles. The third kappa shape index (κ3) is 2.80. The highest BCUT2D eigenvalue weighted by atomic mass is 16.3. The van der Waals surface area contributed by atoms with Crippen molar-refractivity contribution >= 4 is 5.65 Å². The molecule has 2 aromatic rings. The number of rotatable bonds is 4. The average molecular weight is 288 g/mol. The molecule has 114 valence electrons. The Balaban J connectivity index is 1.74. The Hall–Kier alpha value is -1.46. The lowest BCUT2D eigenvalue weighted by Gasteiger charge is -2.21. The van der Waals surface area contributed by atoms with Gasteiger partial charge >= 0.3 is 0 Å². The van der Waals surface area contributed by atoms with Crippen LogP contribution < -0.4 is 5.32 Å². The van der Waals surface area contributed by atoms with Crippen LogP contribution in [0.1, 0.15) is 49.2 Å². The van der Waals surface area contributed by atoms with Crippen molar-refractivity contribution in [3.8, 4) is 0 Å². The van der Waals surface area contributed by atoms with E-state index in [-0.39, 0.29) is 12.1 Å². The SMILES string of the molecule is Cc1cc2ncc(C(C)NCC3CCCC3O)c(C)n2n1. The van der Waals surface area contributed by atoms with Crippen LogP contribution in [-0.2, 0) is 0 Å². The van der Waals surface area contributed by atoms with Crippen molar-refractivity contribution in [1.82, 2.24) is 19.9 Å². The zero-order chi connectivity index (χ0) is 15.0. The Labute approximate surface area is 125 Å². The van der Waals surface area contributed by atoms with Crippen molar-refractivity contribution in [3.63, 3.8) is 0 Å². The Bertz CT molecular complexity index is 636. The Morgan fingerprint density at radius 3 is 2.95 bits per heavy atom. The standard InChI is InChI=1S/C16H24N4O/c1-10-7-16-18-9-14(12(3)20(16)19-10)11(2)17-8-13-5-4-6-15(13)21/h7,9,11,13,15,17,21H,4-6,8H2,1-3H3. The van der Waals surface area contributed by atoms with Crippen molar-refractivity contribution in [1.29, 1.82) is 0 Å². The molecule has 0 aromatic carbocycles. The number of hydrogen-bond acceptors (Lipinski definition) is 4. The molecule has 0 aliphatic heterocycles. The van der Waals surface area contributed by atoms with E-state index in [0.717, 1.165) is 48.4 Å². The molecule has 0 saturated heterocycles. The number of aryl methyl sites for hydroxylation is 2. The molecular formula is C16H24N4O. The third-order valence-corrected chi connectivity index (χ3v) is 4.66. The van der Waals surface area contributed by atoms with E-state index in [1.54, 1.807) is 0 Å². The molecule has 3 rings (SSSR count). The van der Waals surface area contributed by atoms with E-state index in [2.05, 4.69) is 29.2 Å². The lowest BCUT2D eigenvalue weighted by atomic mass is 10.0. The fraction of sp³-hybridized carbons (Fsp3) is 0.625. The fourth-order valence-electron chi connectivity index (χ4n) is 3.29. The van der Waals surface area contributed by atoms with Gasteiger partial charge < -0.3 is 10.4 Å². The molecule has 1 saturated carbocycles. The summed E-state index contributed by atoms with van der Waals surface area (Å²) >= 11 is 0. The van der Waals surface area contributed by atoms with E-state index in [9.17, 15) is 5.11 Å². The molecule has 0 spiro atoms. The van der Waals surface area contributed by atoms with Gasteiger partial charge in [-0.25, -0.2) is 9.50 Å². The molecule has 5 heteroatoms. The van der Waals surface area contributed by atoms with Crippen LogP contribution in [0.5, 0.6) is 0 Å². The summed E-state index contributed by atoms with van der Waals surface area (Å²) in [4.78, 5) is 4.49. The number of aliphatic hydroxyl groups is 1. The maximum atomic E-state index is 9.90. The van der Waals surface area contributed by atoms with Gasteiger partial charge in [-0.1, -0.05) is 6.42 Å². The maximum Gasteiger partial charge on any atom is 0.155 e. The monoisotopic (exact) mass is 288 g/mol. The largest absolute Gasteiger partial charge is 0.393 e. The van der Waals surface area contributed by atoms with Gasteiger partial charge in [0.25, 0.3) is 0 Å². The van der Waals surface area contributed by atoms with E-state index in [4.69, 9.17) is 0 Å². The van der Waals surface area contributed by atoms with Crippen LogP contribution in [0.15, 0.2) is 12.3 Å². The van der Waals surface area contributed by atoms with Crippen molar-refractivity contribution in [2.45, 2.75) is 52.2 Å². The maximum absolute atomic E-state index is 9.90. The number of fused-ring (bicyclic) bond motifs is 1. The summed E-state index contributed by atoms with van der Waals surface area (Å²) in [5.41, 5.74) is 4.17. The molecule has 1 fully saturated rings. The van der Waals surface area contributed by atoms with Crippen LogP contribution >= 0.6 is 0 Å². The summed E-state index contributed by atoms with van der Waals surface area (Å²) in [6.45, 7) is 7.07. The quantitative estimate of drug-likeness (QED) is 0.905. The van der Waals surface area contributed by atoms with E-state index < -0.39 is 0 Å². The third-order valence-electron chi connectivity index (χ3n) is 4.66. The lowest BCUT2D eigenvalue weighted by molar-refractivity contribution is 0.130. The first-order valence-electron chi connectivity index (χ1n) is 7.79. The van der Waals surface area contributed by atoms with Gasteiger partial charge in [0, 0.05) is 36.1 Å². The van der Waals surface area contributed by atoms with Crippen molar-refractivity contribution < 1.29 is 5.11 Å². The van der Waals surface area contributed by atoms with Crippen molar-refractivity contribution in [2.24, 2.45) is 5.92 Å². The van der Waals surface area contributed by atoms with Gasteiger partial charge in [-0.2, -0.15) is 5.10 Å². The van der Waals surface area contributed by atoms with Gasteiger partial charge in [-0.15, -0.1) is 0 Å². The fourth-order valence-corrected chi connectivity index (χ4v) is 3.29. The molecule has 21 heavy (non-hydrogen) atoms. The van der Waals surface area contributed by atoms with Crippen LogP contribution in [-0.4, -0.2) is 32.4 Å². The first-order chi connectivity index (χ1) is 10.1. The minimum absolute atomic E-state index is 0.139. The molecule has 3 atom stereocenters. The average Bonchev–Trinajstić information content (AvgIpc) is 3.02. The zero-order valence-corrected chi connectivity index (χ0v) is 13.0. The number of aromatic nitrogens is 3. The van der Waals surface area contributed by atoms with Crippen LogP contribution in [0, 0.1) is 19.8 Å². The van der Waals surface area contributed by atoms with Crippen LogP contribution in [0.2, 0.25) is 0 Å². The van der Waals surface area contributed by atoms with Gasteiger partial charge in [0.15, 0.2) is 5.65 Å². The predicted octanol–water partition coefficient (Wildman–Crippen LogP) is 2.16. The second kappa shape index (κ2) is 5.73. The van der Waals surface area contributed by atoms with Gasteiger partial charge in [0.1, 0.15) is 0 Å². The van der Waals surface area contributed by atoms with Gasteiger partial charge in [0.2, 0.25) is 0 Å². The minimum Gasteiger partial charge on any atom is -0.393 e. The molecule has 2 N–H and O–H groups in total. The number of aliphatic hydroxyl groups excluding tert-OH is 1. The molecule has 0 radical (unpaired) electrons. The van der Waals surface area contributed by atoms with Crippen LogP contribution in [0.25, 0.3) is 5.65 Å². The summed E-state index contributed by atoms with van der Waals surface area (Å²) in [5.74, 6) is 0.386. The molecule has 1 aliphatic rings. The summed E-state index contributed by atoms with van der Waals surface area (Å²) in [7, 11) is 0. The number of nitrogens with zero attached hydrogens (tertiary/aromatic N) is 3. The normalized spacial score (nSPS) is 23.8. The number of hydrogen-bond donors (Lipinski definition) is 2. The molecule has 0 bridgehead atoms. The molecule has 0 amide bonds. The molecule has 3 unspecified atom stereocenters. The van der Waals surface area contributed by atoms with E-state index in [0.29, 0.717) is 5.92 Å². The summed E-state index contributed by atoms with van der Waals surface area (Å²) in [6, 6.07) is 2.20. The minimum atomic E-state index is -0.139. The van der Waals surface area contributed by atoms with Crippen LogP contribution in [0.3, 0.4) is 0 Å². The van der Waals surface area contributed by atoms with Crippen molar-refractivity contribution in [2.75, 3.05) is 6.54 Å². The molecular weight excluding hydrogens is 264 g/mol. The van der Waals surface area contributed by atoms with Crippen LogP contribution in [0.4, 0.5) is 0 Å². The summed E-state index contributed by atoms with van der Waals surface area (Å²) in [6.07, 6.45) is 5.00. The van der Waals surface area contributed by atoms with E-state index >= 15 is 0 Å². The zero-order valence-electron chi connectivity index (χ0n) is 13.0. The van der Waals surface area contributed by atoms with Gasteiger partial charge in [-0.05, 0) is 39.5 Å². The van der Waals surface area contributed by atoms with E-state index in [1.807, 2.05) is 23.7 Å². The first kappa shape index (κ1) is 14.5. The highest BCUT2D eigenvalue weighted by Crippen LogP contribution is 2.26. The highest BCUT2D eigenvalue weighted by molar-refractivity contribution is 5.42. The first-order valence-corrected chi connectivity index (χ1v) is 7.79. The molecule has 2 aromatic heterocycles. The topological polar surface area (TPSA) is 62.5 Å². The Kier molecular flexibility index (Phi) is 3.95. The molecule has 5 nitrogen and oxygen atoms in total. The summed E-state index contributed by atoms with van der Waals surface area (Å²) < 4.78 is 1.91. The Morgan fingerprint density at radius 1 is 1.43 bits per heavy atom. The predicted molar refractivity (Wildman–Crippen MR) is 82.2 cm³/mol. The highest BCUT2D eigenvalue weighted by Gasteiger charge is 2.25. The molecule has 1 aliphatic carbocycles. The second-order valence-corrected chi connectivity index (χ2v) is 6.24. The second-order valence-electron chi connectivity index (χ2n) is 6.24. The smallest absolute Gasteiger partial charge is 0.155 e. The lowest BCUT2D eigenvalue weighted by Crippen LogP contribution is -2.30. The number of nitrogens with one attached hydrogen (secondary N) is 1. The van der Waals surface area contributed by atoms with Gasteiger partial charge in [0.05, 0.1) is 11.8 Å². The van der Waals surface area contributed by atoms with Gasteiger partial charge in [-0.3, -0.25) is 0 Å². The van der Waals surface area contributed by atoms with Crippen molar-refractivity contribution in [3.05, 3.63) is 29.2 Å². The van der Waals surface area contributed by atoms with E-state index in [1.165, 1.54) is 0 Å².